The minimum Gasteiger partial charge on any atom is -0.473 e. The molecule has 0 aromatic heterocycles. The smallest absolute Gasteiger partial charge is 0.414 e. The van der Waals surface area contributed by atoms with Gasteiger partial charge in [-0.25, -0.2) is 9.59 Å². The van der Waals surface area contributed by atoms with Crippen LogP contribution in [0.1, 0.15) is 30.1 Å². The number of carboxylic acids is 2. The maximum atomic E-state index is 9.10. The zero-order valence-corrected chi connectivity index (χ0v) is 16.0. The summed E-state index contributed by atoms with van der Waals surface area (Å²) < 4.78 is 0. The summed E-state index contributed by atoms with van der Waals surface area (Å²) in [7, 11) is 0. The van der Waals surface area contributed by atoms with Crippen LogP contribution in [0.15, 0.2) is 65.6 Å². The highest BCUT2D eigenvalue weighted by atomic mass is 32.2. The Hall–Kier alpha value is -2.31. The zero-order valence-electron chi connectivity index (χ0n) is 15.2. The first-order valence-corrected chi connectivity index (χ1v) is 9.89. The number of hydrogen-bond acceptors (Lipinski definition) is 4. The molecule has 0 amide bonds. The molecule has 1 fully saturated rings. The number of aliphatic carboxylic acids is 2. The molecule has 0 bridgehead atoms. The van der Waals surface area contributed by atoms with E-state index < -0.39 is 11.9 Å². The minimum atomic E-state index is -1.82. The average molecular weight is 388 g/mol. The Kier molecular flexibility index (Phi) is 8.87. The van der Waals surface area contributed by atoms with Crippen LogP contribution in [-0.2, 0) is 9.59 Å². The molecule has 0 radical (unpaired) electrons. The molecule has 0 aliphatic carbocycles. The van der Waals surface area contributed by atoms with E-state index in [1.54, 1.807) is 0 Å². The Balaban J connectivity index is 0.000000380. The monoisotopic (exact) mass is 387 g/mol. The molecule has 0 spiro atoms. The molecule has 144 valence electrons. The molecule has 0 saturated carbocycles. The Morgan fingerprint density at radius 2 is 1.41 bits per heavy atom. The van der Waals surface area contributed by atoms with Crippen molar-refractivity contribution in [1.82, 2.24) is 4.90 Å². The maximum Gasteiger partial charge on any atom is 0.414 e. The van der Waals surface area contributed by atoms with Crippen molar-refractivity contribution in [2.24, 2.45) is 0 Å². The van der Waals surface area contributed by atoms with Gasteiger partial charge in [0.15, 0.2) is 0 Å². The summed E-state index contributed by atoms with van der Waals surface area (Å²) in [5, 5.41) is 15.3. The van der Waals surface area contributed by atoms with E-state index in [0.29, 0.717) is 5.25 Å². The molecule has 6 heteroatoms. The highest BCUT2D eigenvalue weighted by molar-refractivity contribution is 7.99. The molecule has 1 saturated heterocycles. The number of benzene rings is 2. The number of rotatable bonds is 6. The molecular formula is C21H25NO4S. The number of carboxylic acid groups (broad SMARTS) is 2. The van der Waals surface area contributed by atoms with Crippen LogP contribution in [0.5, 0.6) is 0 Å². The highest BCUT2D eigenvalue weighted by Crippen LogP contribution is 2.37. The first-order chi connectivity index (χ1) is 13.1. The van der Waals surface area contributed by atoms with Crippen LogP contribution >= 0.6 is 11.8 Å². The predicted molar refractivity (Wildman–Crippen MR) is 107 cm³/mol. The van der Waals surface area contributed by atoms with Gasteiger partial charge in [0.2, 0.25) is 0 Å². The van der Waals surface area contributed by atoms with Crippen molar-refractivity contribution in [3.05, 3.63) is 66.2 Å². The van der Waals surface area contributed by atoms with Crippen LogP contribution in [0, 0.1) is 0 Å². The summed E-state index contributed by atoms with van der Waals surface area (Å²) in [6, 6.07) is 21.7. The molecule has 5 nitrogen and oxygen atoms in total. The fourth-order valence-corrected chi connectivity index (χ4v) is 4.09. The summed E-state index contributed by atoms with van der Waals surface area (Å²) in [6.45, 7) is 3.80. The molecule has 3 rings (SSSR count). The average Bonchev–Trinajstić information content (AvgIpc) is 3.20. The first kappa shape index (κ1) is 21.0. The molecule has 27 heavy (non-hydrogen) atoms. The van der Waals surface area contributed by atoms with Gasteiger partial charge in [0.05, 0.1) is 0 Å². The molecule has 2 aromatic carbocycles. The topological polar surface area (TPSA) is 77.8 Å². The fourth-order valence-electron chi connectivity index (χ4n) is 2.93. The van der Waals surface area contributed by atoms with Crippen LogP contribution in [-0.4, -0.2) is 46.7 Å². The molecule has 1 atom stereocenters. The van der Waals surface area contributed by atoms with E-state index in [1.807, 2.05) is 11.8 Å². The van der Waals surface area contributed by atoms with Gasteiger partial charge in [-0.15, -0.1) is 11.8 Å². The number of carbonyl (C=O) groups is 2. The molecule has 1 aliphatic rings. The number of hydrogen-bond donors (Lipinski definition) is 2. The van der Waals surface area contributed by atoms with Crippen molar-refractivity contribution >= 4 is 23.7 Å². The van der Waals surface area contributed by atoms with Crippen LogP contribution in [0.25, 0.3) is 0 Å². The van der Waals surface area contributed by atoms with Gasteiger partial charge in [0.25, 0.3) is 0 Å². The second kappa shape index (κ2) is 11.4. The van der Waals surface area contributed by atoms with Crippen LogP contribution in [0.3, 0.4) is 0 Å². The first-order valence-electron chi connectivity index (χ1n) is 9.01. The van der Waals surface area contributed by atoms with Crippen molar-refractivity contribution in [3.63, 3.8) is 0 Å². The van der Waals surface area contributed by atoms with E-state index in [0.717, 1.165) is 0 Å². The highest BCUT2D eigenvalue weighted by Gasteiger charge is 2.17. The largest absolute Gasteiger partial charge is 0.473 e. The third-order valence-corrected chi connectivity index (χ3v) is 5.62. The normalized spacial score (nSPS) is 14.8. The third kappa shape index (κ3) is 7.85. The molecule has 1 heterocycles. The quantitative estimate of drug-likeness (QED) is 0.572. The standard InChI is InChI=1S/C19H23NS.C2H2O4/c1-3-9-17(10-4-1)19(13-16-20-14-7-8-15-20)21-18-11-5-2-6-12-18;3-1(4)2(5)6/h1-6,9-12,19H,7-8,13-16H2;(H,3,4)(H,5,6). The lowest BCUT2D eigenvalue weighted by Crippen LogP contribution is -2.21. The molecular weight excluding hydrogens is 362 g/mol. The van der Waals surface area contributed by atoms with Crippen LogP contribution in [0.4, 0.5) is 0 Å². The van der Waals surface area contributed by atoms with E-state index in [2.05, 4.69) is 65.6 Å². The lowest BCUT2D eigenvalue weighted by molar-refractivity contribution is -0.159. The second-order valence-corrected chi connectivity index (χ2v) is 7.55. The van der Waals surface area contributed by atoms with Gasteiger partial charge in [0, 0.05) is 10.1 Å². The Morgan fingerprint density at radius 1 is 0.889 bits per heavy atom. The molecule has 1 aliphatic heterocycles. The van der Waals surface area contributed by atoms with Gasteiger partial charge in [-0.05, 0) is 56.6 Å². The maximum absolute atomic E-state index is 9.10. The zero-order chi connectivity index (χ0) is 19.5. The summed E-state index contributed by atoms with van der Waals surface area (Å²) in [5.74, 6) is -3.65. The SMILES string of the molecule is O=C(O)C(=O)O.c1ccc(SC(CCN2CCCC2)c2ccccc2)cc1. The summed E-state index contributed by atoms with van der Waals surface area (Å²) in [6.07, 6.45) is 3.98. The van der Waals surface area contributed by atoms with E-state index in [4.69, 9.17) is 19.8 Å². The number of likely N-dealkylation sites (tertiary alicyclic amines) is 1. The Labute approximate surface area is 164 Å². The lowest BCUT2D eigenvalue weighted by Gasteiger charge is -2.21. The fraction of sp³-hybridized carbons (Fsp3) is 0.333. The molecule has 1 unspecified atom stereocenters. The Bertz CT molecular complexity index is 691. The minimum absolute atomic E-state index is 0.550. The molecule has 2 aromatic rings. The van der Waals surface area contributed by atoms with Gasteiger partial charge in [0.1, 0.15) is 0 Å². The summed E-state index contributed by atoms with van der Waals surface area (Å²) in [4.78, 5) is 22.2. The third-order valence-electron chi connectivity index (χ3n) is 4.28. The molecule has 2 N–H and O–H groups in total. The van der Waals surface area contributed by atoms with Crippen molar-refractivity contribution < 1.29 is 19.8 Å². The number of thioether (sulfide) groups is 1. The van der Waals surface area contributed by atoms with Crippen molar-refractivity contribution in [2.75, 3.05) is 19.6 Å². The van der Waals surface area contributed by atoms with Crippen molar-refractivity contribution in [1.29, 1.82) is 0 Å². The summed E-state index contributed by atoms with van der Waals surface area (Å²) >= 11 is 2.00. The van der Waals surface area contributed by atoms with Gasteiger partial charge < -0.3 is 15.1 Å². The summed E-state index contributed by atoms with van der Waals surface area (Å²) in [5.41, 5.74) is 1.45. The van der Waals surface area contributed by atoms with Crippen LogP contribution < -0.4 is 0 Å². The van der Waals surface area contributed by atoms with Gasteiger partial charge in [-0.2, -0.15) is 0 Å². The van der Waals surface area contributed by atoms with Crippen molar-refractivity contribution in [2.45, 2.75) is 29.4 Å². The second-order valence-electron chi connectivity index (χ2n) is 6.28. The van der Waals surface area contributed by atoms with Crippen LogP contribution in [0.2, 0.25) is 0 Å². The van der Waals surface area contributed by atoms with E-state index >= 15 is 0 Å². The lowest BCUT2D eigenvalue weighted by atomic mass is 10.1. The number of nitrogens with zero attached hydrogens (tertiary/aromatic N) is 1. The van der Waals surface area contributed by atoms with E-state index in [9.17, 15) is 0 Å². The van der Waals surface area contributed by atoms with Crippen molar-refractivity contribution in [3.8, 4) is 0 Å². The van der Waals surface area contributed by atoms with Gasteiger partial charge >= 0.3 is 11.9 Å². The Morgan fingerprint density at radius 3 is 1.93 bits per heavy atom. The van der Waals surface area contributed by atoms with Gasteiger partial charge in [-0.1, -0.05) is 48.5 Å². The van der Waals surface area contributed by atoms with E-state index in [1.165, 1.54) is 49.4 Å². The van der Waals surface area contributed by atoms with Gasteiger partial charge in [-0.3, -0.25) is 0 Å². The predicted octanol–water partition coefficient (Wildman–Crippen LogP) is 4.16. The van der Waals surface area contributed by atoms with E-state index in [-0.39, 0.29) is 0 Å².